The van der Waals surface area contributed by atoms with Crippen molar-refractivity contribution in [3.63, 3.8) is 0 Å². The number of fused-ring (bicyclic) bond motifs is 1. The molecule has 28 heavy (non-hydrogen) atoms. The zero-order valence-corrected chi connectivity index (χ0v) is 16.6. The van der Waals surface area contributed by atoms with Gasteiger partial charge in [-0.15, -0.1) is 0 Å². The number of carbonyl (C=O) groups is 1. The highest BCUT2D eigenvalue weighted by Crippen LogP contribution is 2.53. The summed E-state index contributed by atoms with van der Waals surface area (Å²) < 4.78 is 10.6. The molecule has 2 fully saturated rings. The van der Waals surface area contributed by atoms with E-state index in [1.165, 1.54) is 24.8 Å². The fraction of sp³-hybridized carbons (Fsp3) is 0.435. The summed E-state index contributed by atoms with van der Waals surface area (Å²) in [6.45, 7) is 1.30. The molecule has 148 valence electrons. The lowest BCUT2D eigenvalue weighted by molar-refractivity contribution is -0.0794. The number of nitrogens with zero attached hydrogens (tertiary/aromatic N) is 1. The van der Waals surface area contributed by atoms with E-state index in [0.29, 0.717) is 24.0 Å². The number of ether oxygens (including phenoxy) is 2. The van der Waals surface area contributed by atoms with Gasteiger partial charge in [0.1, 0.15) is 0 Å². The van der Waals surface area contributed by atoms with Crippen molar-refractivity contribution < 1.29 is 14.3 Å². The number of benzene rings is 2. The molecule has 1 heterocycles. The van der Waals surface area contributed by atoms with Crippen LogP contribution in [0.15, 0.2) is 48.5 Å². The maximum atomic E-state index is 13.1. The number of hydrogen-bond acceptors (Lipinski definition) is 3. The summed E-state index contributed by atoms with van der Waals surface area (Å²) in [7, 11) is 3.24. The molecule has 2 aromatic carbocycles. The molecule has 5 heteroatoms. The second-order valence-corrected chi connectivity index (χ2v) is 7.69. The molecular formula is C23H28N2O3. The molecule has 2 amide bonds. The van der Waals surface area contributed by atoms with Gasteiger partial charge in [-0.2, -0.15) is 0 Å². The predicted molar refractivity (Wildman–Crippen MR) is 109 cm³/mol. The first-order valence-electron chi connectivity index (χ1n) is 10.0. The Labute approximate surface area is 166 Å². The average molecular weight is 380 g/mol. The Bertz CT molecular complexity index is 839. The first-order valence-corrected chi connectivity index (χ1v) is 10.0. The topological polar surface area (TPSA) is 50.8 Å². The Balaban J connectivity index is 1.49. The van der Waals surface area contributed by atoms with Gasteiger partial charge in [0, 0.05) is 19.0 Å². The van der Waals surface area contributed by atoms with Crippen molar-refractivity contribution in [2.24, 2.45) is 5.92 Å². The summed E-state index contributed by atoms with van der Waals surface area (Å²) in [4.78, 5) is 15.1. The molecule has 2 atom stereocenters. The van der Waals surface area contributed by atoms with E-state index in [9.17, 15) is 4.79 Å². The van der Waals surface area contributed by atoms with Crippen LogP contribution in [0.3, 0.4) is 0 Å². The summed E-state index contributed by atoms with van der Waals surface area (Å²) in [5.74, 6) is 1.93. The van der Waals surface area contributed by atoms with Gasteiger partial charge in [0.2, 0.25) is 0 Å². The monoisotopic (exact) mass is 380 g/mol. The van der Waals surface area contributed by atoms with Crippen molar-refractivity contribution in [2.45, 2.75) is 37.8 Å². The standard InChI is InChI=1S/C23H28N2O3/c1-27-20-12-11-17(14-21(20)28-2)15-24-22(26)25-16-19-10-6-7-13-23(19,25)18-8-4-3-5-9-18/h3-5,8-9,11-12,14,19H,6-7,10,13,15-16H2,1-2H3,(H,24,26)/t19-,23-/m0/s1. The van der Waals surface area contributed by atoms with Crippen LogP contribution in [-0.2, 0) is 12.1 Å². The predicted octanol–water partition coefficient (Wildman–Crippen LogP) is 4.31. The number of amides is 2. The Morgan fingerprint density at radius 2 is 1.89 bits per heavy atom. The highest BCUT2D eigenvalue weighted by Gasteiger charge is 2.56. The molecule has 0 unspecified atom stereocenters. The largest absolute Gasteiger partial charge is 0.493 e. The number of likely N-dealkylation sites (tertiary alicyclic amines) is 1. The summed E-state index contributed by atoms with van der Waals surface area (Å²) in [6.07, 6.45) is 4.69. The molecule has 1 N–H and O–H groups in total. The van der Waals surface area contributed by atoms with Crippen molar-refractivity contribution in [1.29, 1.82) is 0 Å². The maximum Gasteiger partial charge on any atom is 0.318 e. The zero-order chi connectivity index (χ0) is 19.6. The van der Waals surface area contributed by atoms with E-state index >= 15 is 0 Å². The van der Waals surface area contributed by atoms with Crippen LogP contribution < -0.4 is 14.8 Å². The zero-order valence-electron chi connectivity index (χ0n) is 16.6. The summed E-state index contributed by atoms with van der Waals surface area (Å²) in [6, 6.07) is 16.3. The van der Waals surface area contributed by atoms with E-state index in [1.807, 2.05) is 29.2 Å². The molecule has 1 saturated heterocycles. The Kier molecular flexibility index (Phi) is 5.16. The second-order valence-electron chi connectivity index (χ2n) is 7.69. The minimum Gasteiger partial charge on any atom is -0.493 e. The fourth-order valence-electron chi connectivity index (χ4n) is 4.89. The molecule has 0 bridgehead atoms. The van der Waals surface area contributed by atoms with Crippen LogP contribution in [0, 0.1) is 5.92 Å². The molecule has 1 saturated carbocycles. The summed E-state index contributed by atoms with van der Waals surface area (Å²) >= 11 is 0. The van der Waals surface area contributed by atoms with Crippen LogP contribution in [0.1, 0.15) is 36.8 Å². The molecule has 0 aromatic heterocycles. The third kappa shape index (κ3) is 3.09. The van der Waals surface area contributed by atoms with E-state index in [4.69, 9.17) is 9.47 Å². The van der Waals surface area contributed by atoms with E-state index in [1.54, 1.807) is 14.2 Å². The van der Waals surface area contributed by atoms with Crippen LogP contribution in [0.25, 0.3) is 0 Å². The van der Waals surface area contributed by atoms with Gasteiger partial charge in [0.05, 0.1) is 19.8 Å². The Hall–Kier alpha value is -2.69. The second kappa shape index (κ2) is 7.74. The lowest BCUT2D eigenvalue weighted by Crippen LogP contribution is -2.69. The molecule has 1 aliphatic heterocycles. The maximum absolute atomic E-state index is 13.1. The molecule has 0 radical (unpaired) electrons. The third-order valence-electron chi connectivity index (χ3n) is 6.33. The number of nitrogens with one attached hydrogen (secondary N) is 1. The minimum absolute atomic E-state index is 0.0109. The van der Waals surface area contributed by atoms with Gasteiger partial charge in [0.15, 0.2) is 11.5 Å². The van der Waals surface area contributed by atoms with E-state index in [0.717, 1.165) is 18.5 Å². The number of rotatable bonds is 5. The van der Waals surface area contributed by atoms with Crippen LogP contribution in [0.2, 0.25) is 0 Å². The summed E-state index contributed by atoms with van der Waals surface area (Å²) in [5, 5.41) is 3.11. The lowest BCUT2D eigenvalue weighted by Gasteiger charge is -2.61. The normalized spacial score (nSPS) is 23.4. The van der Waals surface area contributed by atoms with Gasteiger partial charge in [-0.3, -0.25) is 0 Å². The minimum atomic E-state index is -0.138. The molecule has 5 nitrogen and oxygen atoms in total. The number of carbonyl (C=O) groups excluding carboxylic acids is 1. The van der Waals surface area contributed by atoms with Crippen LogP contribution >= 0.6 is 0 Å². The van der Waals surface area contributed by atoms with Crippen molar-refractivity contribution >= 4 is 6.03 Å². The average Bonchev–Trinajstić information content (AvgIpc) is 2.73. The molecule has 1 aliphatic carbocycles. The van der Waals surface area contributed by atoms with Gasteiger partial charge in [-0.05, 0) is 36.1 Å². The quantitative estimate of drug-likeness (QED) is 0.841. The van der Waals surface area contributed by atoms with Crippen molar-refractivity contribution in [1.82, 2.24) is 10.2 Å². The highest BCUT2D eigenvalue weighted by molar-refractivity contribution is 5.77. The molecule has 2 aliphatic rings. The number of urea groups is 1. The lowest BCUT2D eigenvalue weighted by atomic mass is 9.62. The first-order chi connectivity index (χ1) is 13.7. The van der Waals surface area contributed by atoms with Gasteiger partial charge in [0.25, 0.3) is 0 Å². The van der Waals surface area contributed by atoms with Gasteiger partial charge in [-0.1, -0.05) is 49.2 Å². The van der Waals surface area contributed by atoms with Crippen molar-refractivity contribution in [3.8, 4) is 11.5 Å². The van der Waals surface area contributed by atoms with Crippen molar-refractivity contribution in [2.75, 3.05) is 20.8 Å². The van der Waals surface area contributed by atoms with Gasteiger partial charge < -0.3 is 19.7 Å². The number of hydrogen-bond donors (Lipinski definition) is 1. The Morgan fingerprint density at radius 1 is 1.11 bits per heavy atom. The van der Waals surface area contributed by atoms with Gasteiger partial charge in [-0.25, -0.2) is 4.79 Å². The van der Waals surface area contributed by atoms with Gasteiger partial charge >= 0.3 is 6.03 Å². The first kappa shape index (κ1) is 18.7. The highest BCUT2D eigenvalue weighted by atomic mass is 16.5. The third-order valence-corrected chi connectivity index (χ3v) is 6.33. The fourth-order valence-corrected chi connectivity index (χ4v) is 4.89. The Morgan fingerprint density at radius 3 is 2.61 bits per heavy atom. The molecule has 0 spiro atoms. The number of methoxy groups -OCH3 is 2. The van der Waals surface area contributed by atoms with Crippen LogP contribution in [0.4, 0.5) is 4.79 Å². The van der Waals surface area contributed by atoms with Crippen LogP contribution in [0.5, 0.6) is 11.5 Å². The molecular weight excluding hydrogens is 352 g/mol. The van der Waals surface area contributed by atoms with E-state index in [2.05, 4.69) is 29.6 Å². The van der Waals surface area contributed by atoms with E-state index in [-0.39, 0.29) is 11.6 Å². The molecule has 4 rings (SSSR count). The van der Waals surface area contributed by atoms with Crippen LogP contribution in [-0.4, -0.2) is 31.7 Å². The van der Waals surface area contributed by atoms with Crippen molar-refractivity contribution in [3.05, 3.63) is 59.7 Å². The molecule has 2 aromatic rings. The van der Waals surface area contributed by atoms with E-state index < -0.39 is 0 Å². The smallest absolute Gasteiger partial charge is 0.318 e. The SMILES string of the molecule is COc1ccc(CNC(=O)N2C[C@@H]3CCCC[C@]32c2ccccc2)cc1OC. The summed E-state index contributed by atoms with van der Waals surface area (Å²) in [5.41, 5.74) is 2.12.